The zero-order chi connectivity index (χ0) is 20.2. The normalized spacial score (nSPS) is 11.8. The lowest BCUT2D eigenvalue weighted by atomic mass is 9.98. The molecule has 1 N–H and O–H groups in total. The Morgan fingerprint density at radius 1 is 1.00 bits per heavy atom. The maximum absolute atomic E-state index is 13.8. The Kier molecular flexibility index (Phi) is 5.50. The number of fused-ring (bicyclic) bond motifs is 3. The maximum atomic E-state index is 13.8. The highest BCUT2D eigenvalue weighted by molar-refractivity contribution is 6.30. The van der Waals surface area contributed by atoms with Crippen LogP contribution in [0.4, 0.5) is 9.18 Å². The lowest BCUT2D eigenvalue weighted by molar-refractivity contribution is 0.144. The third-order valence-electron chi connectivity index (χ3n) is 4.84. The van der Waals surface area contributed by atoms with Crippen molar-refractivity contribution in [3.8, 4) is 23.0 Å². The van der Waals surface area contributed by atoms with E-state index in [0.717, 1.165) is 11.1 Å². The standard InChI is InChI=1S/C24H17ClFNO2/c25-22-13-5-7-16(23(22)26)8-6-14-27-24(28)29-15-21-19-11-3-1-9-17(19)18-10-2-4-12-20(18)21/h1-5,7,9-13,21H,14-15H2,(H,27,28). The molecule has 0 saturated carbocycles. The molecule has 5 heteroatoms. The van der Waals surface area contributed by atoms with Crippen LogP contribution in [-0.4, -0.2) is 19.2 Å². The van der Waals surface area contributed by atoms with E-state index in [1.54, 1.807) is 6.07 Å². The van der Waals surface area contributed by atoms with Crippen LogP contribution in [0.25, 0.3) is 11.1 Å². The third-order valence-corrected chi connectivity index (χ3v) is 5.13. The van der Waals surface area contributed by atoms with Crippen molar-refractivity contribution < 1.29 is 13.9 Å². The second-order valence-electron chi connectivity index (χ2n) is 6.58. The number of carbonyl (C=O) groups is 1. The van der Waals surface area contributed by atoms with E-state index >= 15 is 0 Å². The second-order valence-corrected chi connectivity index (χ2v) is 6.99. The number of hydrogen-bond donors (Lipinski definition) is 1. The minimum absolute atomic E-state index is 0.000194. The summed E-state index contributed by atoms with van der Waals surface area (Å²) in [5, 5.41) is 2.58. The van der Waals surface area contributed by atoms with Gasteiger partial charge in [-0.1, -0.05) is 78.0 Å². The van der Waals surface area contributed by atoms with Crippen LogP contribution in [0.3, 0.4) is 0 Å². The molecule has 4 rings (SSSR count). The van der Waals surface area contributed by atoms with E-state index in [1.807, 2.05) is 24.3 Å². The molecular weight excluding hydrogens is 389 g/mol. The molecule has 0 saturated heterocycles. The Morgan fingerprint density at radius 2 is 1.66 bits per heavy atom. The van der Waals surface area contributed by atoms with Crippen molar-refractivity contribution in [2.75, 3.05) is 13.2 Å². The molecule has 0 spiro atoms. The van der Waals surface area contributed by atoms with E-state index < -0.39 is 11.9 Å². The van der Waals surface area contributed by atoms with Crippen LogP contribution >= 0.6 is 11.6 Å². The first-order valence-corrected chi connectivity index (χ1v) is 9.54. The molecule has 144 valence electrons. The fourth-order valence-corrected chi connectivity index (χ4v) is 3.68. The zero-order valence-electron chi connectivity index (χ0n) is 15.4. The van der Waals surface area contributed by atoms with Gasteiger partial charge in [0.25, 0.3) is 0 Å². The first-order valence-electron chi connectivity index (χ1n) is 9.17. The molecule has 0 heterocycles. The summed E-state index contributed by atoms with van der Waals surface area (Å²) in [4.78, 5) is 12.1. The van der Waals surface area contributed by atoms with E-state index in [4.69, 9.17) is 16.3 Å². The lowest BCUT2D eigenvalue weighted by Gasteiger charge is -2.14. The number of benzene rings is 3. The molecule has 3 aromatic rings. The van der Waals surface area contributed by atoms with E-state index in [0.29, 0.717) is 0 Å². The first-order chi connectivity index (χ1) is 14.1. The summed E-state index contributed by atoms with van der Waals surface area (Å²) in [5.74, 6) is 4.78. The van der Waals surface area contributed by atoms with Crippen molar-refractivity contribution in [3.05, 3.63) is 94.3 Å². The highest BCUT2D eigenvalue weighted by Gasteiger charge is 2.28. The topological polar surface area (TPSA) is 38.3 Å². The largest absolute Gasteiger partial charge is 0.449 e. The molecule has 0 aliphatic heterocycles. The van der Waals surface area contributed by atoms with Gasteiger partial charge < -0.3 is 10.1 Å². The van der Waals surface area contributed by atoms with Crippen molar-refractivity contribution in [1.82, 2.24) is 5.32 Å². The van der Waals surface area contributed by atoms with Crippen LogP contribution in [0.1, 0.15) is 22.6 Å². The van der Waals surface area contributed by atoms with Crippen LogP contribution in [-0.2, 0) is 4.74 Å². The monoisotopic (exact) mass is 405 g/mol. The number of amides is 1. The van der Waals surface area contributed by atoms with Crippen molar-refractivity contribution in [3.63, 3.8) is 0 Å². The van der Waals surface area contributed by atoms with E-state index in [-0.39, 0.29) is 29.7 Å². The van der Waals surface area contributed by atoms with Crippen LogP contribution < -0.4 is 5.32 Å². The van der Waals surface area contributed by atoms with Gasteiger partial charge in [-0.3, -0.25) is 0 Å². The van der Waals surface area contributed by atoms with Crippen LogP contribution in [0.2, 0.25) is 5.02 Å². The number of rotatable bonds is 3. The van der Waals surface area contributed by atoms with Gasteiger partial charge >= 0.3 is 6.09 Å². The molecule has 0 atom stereocenters. The van der Waals surface area contributed by atoms with Crippen LogP contribution in [0.15, 0.2) is 66.7 Å². The van der Waals surface area contributed by atoms with Crippen molar-refractivity contribution in [1.29, 1.82) is 0 Å². The van der Waals surface area contributed by atoms with Gasteiger partial charge in [-0.05, 0) is 34.4 Å². The predicted octanol–water partition coefficient (Wildman–Crippen LogP) is 5.37. The Bertz CT molecular complexity index is 1090. The highest BCUT2D eigenvalue weighted by atomic mass is 35.5. The summed E-state index contributed by atoms with van der Waals surface area (Å²) in [6.45, 7) is 0.277. The van der Waals surface area contributed by atoms with Gasteiger partial charge in [-0.2, -0.15) is 0 Å². The van der Waals surface area contributed by atoms with Crippen LogP contribution in [0, 0.1) is 17.7 Å². The zero-order valence-corrected chi connectivity index (χ0v) is 16.2. The number of alkyl carbamates (subject to hydrolysis) is 1. The second kappa shape index (κ2) is 8.38. The number of ether oxygens (including phenoxy) is 1. The summed E-state index contributed by atoms with van der Waals surface area (Å²) in [5.41, 5.74) is 4.83. The SMILES string of the molecule is O=C(NCC#Cc1cccc(Cl)c1F)OCC1c2ccccc2-c2ccccc21. The smallest absolute Gasteiger partial charge is 0.407 e. The van der Waals surface area contributed by atoms with Gasteiger partial charge in [-0.15, -0.1) is 0 Å². The van der Waals surface area contributed by atoms with Crippen molar-refractivity contribution in [2.24, 2.45) is 0 Å². The molecule has 29 heavy (non-hydrogen) atoms. The lowest BCUT2D eigenvalue weighted by Crippen LogP contribution is -2.26. The first kappa shape index (κ1) is 19.0. The summed E-state index contributed by atoms with van der Waals surface area (Å²) < 4.78 is 19.2. The maximum Gasteiger partial charge on any atom is 0.407 e. The van der Waals surface area contributed by atoms with E-state index in [2.05, 4.69) is 41.4 Å². The fraction of sp³-hybridized carbons (Fsp3) is 0.125. The molecular formula is C24H17ClFNO2. The molecule has 0 radical (unpaired) electrons. The summed E-state index contributed by atoms with van der Waals surface area (Å²) >= 11 is 5.72. The van der Waals surface area contributed by atoms with Crippen molar-refractivity contribution >= 4 is 17.7 Å². The molecule has 3 aromatic carbocycles. The van der Waals surface area contributed by atoms with E-state index in [1.165, 1.54) is 23.3 Å². The Hall–Kier alpha value is -3.29. The predicted molar refractivity (Wildman–Crippen MR) is 111 cm³/mol. The third kappa shape index (κ3) is 3.96. The Morgan fingerprint density at radius 3 is 2.34 bits per heavy atom. The minimum Gasteiger partial charge on any atom is -0.449 e. The molecule has 0 bridgehead atoms. The molecule has 0 aromatic heterocycles. The fourth-order valence-electron chi connectivity index (χ4n) is 3.51. The van der Waals surface area contributed by atoms with Gasteiger partial charge in [0.15, 0.2) is 5.82 Å². The van der Waals surface area contributed by atoms with Gasteiger partial charge in [0.05, 0.1) is 17.1 Å². The molecule has 0 unspecified atom stereocenters. The van der Waals surface area contributed by atoms with E-state index in [9.17, 15) is 9.18 Å². The average molecular weight is 406 g/mol. The summed E-state index contributed by atoms with van der Waals surface area (Å²) in [7, 11) is 0. The number of carbonyl (C=O) groups excluding carboxylic acids is 1. The number of nitrogens with one attached hydrogen (secondary N) is 1. The summed E-state index contributed by atoms with van der Waals surface area (Å²) in [6, 6.07) is 20.9. The van der Waals surface area contributed by atoms with Gasteiger partial charge in [0.2, 0.25) is 0 Å². The molecule has 1 aliphatic carbocycles. The molecule has 1 aliphatic rings. The Balaban J connectivity index is 1.36. The summed E-state index contributed by atoms with van der Waals surface area (Å²) in [6.07, 6.45) is -0.562. The average Bonchev–Trinajstić information content (AvgIpc) is 3.06. The van der Waals surface area contributed by atoms with Crippen molar-refractivity contribution in [2.45, 2.75) is 5.92 Å². The molecule has 0 fully saturated rings. The number of halogens is 2. The Labute approximate surface area is 173 Å². The molecule has 3 nitrogen and oxygen atoms in total. The quantitative estimate of drug-likeness (QED) is 0.595. The van der Waals surface area contributed by atoms with Gasteiger partial charge in [0.1, 0.15) is 6.61 Å². The minimum atomic E-state index is -0.567. The molecule has 1 amide bonds. The number of hydrogen-bond acceptors (Lipinski definition) is 2. The van der Waals surface area contributed by atoms with Gasteiger partial charge in [0, 0.05) is 5.92 Å². The van der Waals surface area contributed by atoms with Gasteiger partial charge in [-0.25, -0.2) is 9.18 Å². The van der Waals surface area contributed by atoms with Crippen LogP contribution in [0.5, 0.6) is 0 Å². The highest BCUT2D eigenvalue weighted by Crippen LogP contribution is 2.44.